The van der Waals surface area contributed by atoms with Gasteiger partial charge in [0, 0.05) is 5.54 Å². The van der Waals surface area contributed by atoms with Crippen LogP contribution in [0.2, 0.25) is 0 Å². The lowest BCUT2D eigenvalue weighted by Gasteiger charge is -2.33. The Morgan fingerprint density at radius 1 is 1.28 bits per heavy atom. The number of halogens is 2. The summed E-state index contributed by atoms with van der Waals surface area (Å²) in [5.74, 6) is -0.395. The Labute approximate surface area is 116 Å². The molecule has 0 saturated heterocycles. The van der Waals surface area contributed by atoms with Crippen LogP contribution >= 0.6 is 15.9 Å². The first-order valence-electron chi connectivity index (χ1n) is 6.19. The second-order valence-electron chi connectivity index (χ2n) is 4.37. The Kier molecular flexibility index (Phi) is 5.15. The Morgan fingerprint density at radius 3 is 2.28 bits per heavy atom. The van der Waals surface area contributed by atoms with Crippen LogP contribution in [-0.4, -0.2) is 5.54 Å². The molecule has 0 saturated carbocycles. The van der Waals surface area contributed by atoms with Gasteiger partial charge >= 0.3 is 0 Å². The molecule has 98 valence electrons. The molecule has 0 aliphatic rings. The fourth-order valence-electron chi connectivity index (χ4n) is 2.03. The van der Waals surface area contributed by atoms with Crippen molar-refractivity contribution in [2.24, 2.45) is 0 Å². The highest BCUT2D eigenvalue weighted by Crippen LogP contribution is 2.31. The lowest BCUT2D eigenvalue weighted by Crippen LogP contribution is -2.36. The van der Waals surface area contributed by atoms with E-state index in [0.717, 1.165) is 19.3 Å². The Hall–Kier alpha value is -1.08. The average molecular weight is 313 g/mol. The molecule has 0 aliphatic carbocycles. The van der Waals surface area contributed by atoms with Gasteiger partial charge in [-0.3, -0.25) is 0 Å². The molecule has 4 heteroatoms. The number of anilines is 1. The standard InChI is InChI=1S/C14H18BrFN2/c1-4-14(5-2,6-3)18-11-8-7-10(9-17)12(15)13(11)16/h7-8,18H,4-6H2,1-3H3. The molecule has 0 heterocycles. The molecule has 2 nitrogen and oxygen atoms in total. The number of hydrogen-bond acceptors (Lipinski definition) is 2. The number of hydrogen-bond donors (Lipinski definition) is 1. The molecule has 18 heavy (non-hydrogen) atoms. The van der Waals surface area contributed by atoms with E-state index in [4.69, 9.17) is 5.26 Å². The van der Waals surface area contributed by atoms with Gasteiger partial charge < -0.3 is 5.32 Å². The molecule has 0 bridgehead atoms. The van der Waals surface area contributed by atoms with Crippen molar-refractivity contribution in [3.8, 4) is 6.07 Å². The highest BCUT2D eigenvalue weighted by molar-refractivity contribution is 9.10. The SMILES string of the molecule is CCC(CC)(CC)Nc1ccc(C#N)c(Br)c1F. The molecule has 0 radical (unpaired) electrons. The molecule has 1 aromatic rings. The first-order valence-corrected chi connectivity index (χ1v) is 6.99. The van der Waals surface area contributed by atoms with Gasteiger partial charge in [0.05, 0.1) is 15.7 Å². The van der Waals surface area contributed by atoms with E-state index in [1.54, 1.807) is 12.1 Å². The van der Waals surface area contributed by atoms with E-state index in [0.29, 0.717) is 11.3 Å². The van der Waals surface area contributed by atoms with E-state index >= 15 is 0 Å². The zero-order chi connectivity index (χ0) is 13.8. The van der Waals surface area contributed by atoms with Gasteiger partial charge in [0.2, 0.25) is 0 Å². The maximum Gasteiger partial charge on any atom is 0.161 e. The number of benzene rings is 1. The van der Waals surface area contributed by atoms with Crippen molar-refractivity contribution >= 4 is 21.6 Å². The van der Waals surface area contributed by atoms with Crippen molar-refractivity contribution in [1.29, 1.82) is 5.26 Å². The smallest absolute Gasteiger partial charge is 0.161 e. The van der Waals surface area contributed by atoms with Gasteiger partial charge in [-0.25, -0.2) is 4.39 Å². The van der Waals surface area contributed by atoms with Gasteiger partial charge in [0.1, 0.15) is 6.07 Å². The van der Waals surface area contributed by atoms with Crippen molar-refractivity contribution in [2.75, 3.05) is 5.32 Å². The fourth-order valence-corrected chi connectivity index (χ4v) is 2.47. The number of nitriles is 1. The maximum absolute atomic E-state index is 14.1. The number of nitrogens with zero attached hydrogens (tertiary/aromatic N) is 1. The molecule has 1 rings (SSSR count). The molecule has 0 amide bonds. The van der Waals surface area contributed by atoms with Crippen molar-refractivity contribution < 1.29 is 4.39 Å². The second-order valence-corrected chi connectivity index (χ2v) is 5.16. The molecule has 1 N–H and O–H groups in total. The molecule has 0 spiro atoms. The van der Waals surface area contributed by atoms with Crippen LogP contribution in [0.15, 0.2) is 16.6 Å². The zero-order valence-corrected chi connectivity index (χ0v) is 12.6. The monoisotopic (exact) mass is 312 g/mol. The summed E-state index contributed by atoms with van der Waals surface area (Å²) in [7, 11) is 0. The van der Waals surface area contributed by atoms with Gasteiger partial charge in [-0.15, -0.1) is 0 Å². The van der Waals surface area contributed by atoms with E-state index in [1.165, 1.54) is 0 Å². The highest BCUT2D eigenvalue weighted by atomic mass is 79.9. The Morgan fingerprint density at radius 2 is 1.83 bits per heavy atom. The number of nitrogens with one attached hydrogen (secondary N) is 1. The summed E-state index contributed by atoms with van der Waals surface area (Å²) in [5, 5.41) is 12.1. The largest absolute Gasteiger partial charge is 0.377 e. The van der Waals surface area contributed by atoms with Crippen LogP contribution in [0.5, 0.6) is 0 Å². The van der Waals surface area contributed by atoms with E-state index in [2.05, 4.69) is 42.0 Å². The third-order valence-corrected chi connectivity index (χ3v) is 4.41. The molecular formula is C14H18BrFN2. The minimum atomic E-state index is -0.395. The Bertz CT molecular complexity index is 453. The summed E-state index contributed by atoms with van der Waals surface area (Å²) in [4.78, 5) is 0. The molecule has 0 fully saturated rings. The van der Waals surface area contributed by atoms with Gasteiger partial charge in [-0.05, 0) is 47.3 Å². The minimum absolute atomic E-state index is 0.0888. The van der Waals surface area contributed by atoms with Gasteiger partial charge in [-0.2, -0.15) is 5.26 Å². The van der Waals surface area contributed by atoms with E-state index in [-0.39, 0.29) is 10.0 Å². The molecule has 0 unspecified atom stereocenters. The third-order valence-electron chi connectivity index (χ3n) is 3.63. The molecule has 1 aromatic carbocycles. The van der Waals surface area contributed by atoms with Crippen LogP contribution in [0, 0.1) is 17.1 Å². The van der Waals surface area contributed by atoms with Crippen LogP contribution in [0.3, 0.4) is 0 Å². The van der Waals surface area contributed by atoms with Gasteiger partial charge in [-0.1, -0.05) is 20.8 Å². The lowest BCUT2D eigenvalue weighted by molar-refractivity contribution is 0.417. The first-order chi connectivity index (χ1) is 8.53. The quantitative estimate of drug-likeness (QED) is 0.844. The van der Waals surface area contributed by atoms with Crippen LogP contribution < -0.4 is 5.32 Å². The predicted octanol–water partition coefficient (Wildman–Crippen LogP) is 4.84. The molecule has 0 aromatic heterocycles. The lowest BCUT2D eigenvalue weighted by atomic mass is 9.89. The minimum Gasteiger partial charge on any atom is -0.377 e. The topological polar surface area (TPSA) is 35.8 Å². The highest BCUT2D eigenvalue weighted by Gasteiger charge is 2.25. The summed E-state index contributed by atoms with van der Waals surface area (Å²) in [5.41, 5.74) is 0.675. The Balaban J connectivity index is 3.13. The predicted molar refractivity (Wildman–Crippen MR) is 76.0 cm³/mol. The summed E-state index contributed by atoms with van der Waals surface area (Å²) in [6, 6.07) is 5.21. The summed E-state index contributed by atoms with van der Waals surface area (Å²) >= 11 is 3.13. The van der Waals surface area contributed by atoms with Gasteiger partial charge in [0.15, 0.2) is 5.82 Å². The summed E-state index contributed by atoms with van der Waals surface area (Å²) in [6.07, 6.45) is 2.78. The summed E-state index contributed by atoms with van der Waals surface area (Å²) in [6.45, 7) is 6.28. The first kappa shape index (κ1) is 15.0. The molecular weight excluding hydrogens is 295 g/mol. The average Bonchev–Trinajstić information content (AvgIpc) is 2.41. The molecule has 0 aliphatic heterocycles. The van der Waals surface area contributed by atoms with E-state index in [9.17, 15) is 4.39 Å². The van der Waals surface area contributed by atoms with E-state index < -0.39 is 5.82 Å². The van der Waals surface area contributed by atoms with E-state index in [1.807, 2.05) is 6.07 Å². The zero-order valence-electron chi connectivity index (χ0n) is 11.0. The second kappa shape index (κ2) is 6.19. The van der Waals surface area contributed by atoms with Crippen molar-refractivity contribution in [1.82, 2.24) is 0 Å². The van der Waals surface area contributed by atoms with Crippen molar-refractivity contribution in [2.45, 2.75) is 45.6 Å². The van der Waals surface area contributed by atoms with Crippen LogP contribution in [0.1, 0.15) is 45.6 Å². The third kappa shape index (κ3) is 2.84. The van der Waals surface area contributed by atoms with Gasteiger partial charge in [0.25, 0.3) is 0 Å². The van der Waals surface area contributed by atoms with Crippen LogP contribution in [-0.2, 0) is 0 Å². The fraction of sp³-hybridized carbons (Fsp3) is 0.500. The van der Waals surface area contributed by atoms with Crippen LogP contribution in [0.4, 0.5) is 10.1 Å². The molecule has 0 atom stereocenters. The van der Waals surface area contributed by atoms with Crippen LogP contribution in [0.25, 0.3) is 0 Å². The maximum atomic E-state index is 14.1. The normalized spacial score (nSPS) is 11.1. The number of rotatable bonds is 5. The summed E-state index contributed by atoms with van der Waals surface area (Å²) < 4.78 is 14.4. The van der Waals surface area contributed by atoms with Crippen molar-refractivity contribution in [3.05, 3.63) is 28.0 Å². The van der Waals surface area contributed by atoms with Crippen molar-refractivity contribution in [3.63, 3.8) is 0 Å².